The number of hydrogen-bond acceptors (Lipinski definition) is 8. The van der Waals surface area contributed by atoms with Crippen LogP contribution in [0.2, 0.25) is 0 Å². The molecule has 0 aromatic carbocycles. The standard InChI is InChI=1S/C11H14IN5O3S/c1-21-2-4-6(18)7(19)10(20-4)17-3-14-5-8(13)15-11(12)16-9(5)17/h3-4,6-7,10,18-19H,2H2,1H3,(H2,13,15,16)/t4-,6-,7-,10-/m1/s1. The SMILES string of the molecule is CSC[C@H]1O[C@@H](n2cnc3c(N)nc(I)nc32)[C@H](O)[C@@H]1O. The van der Waals surface area contributed by atoms with Crippen molar-refractivity contribution in [2.45, 2.75) is 24.5 Å². The van der Waals surface area contributed by atoms with E-state index in [0.29, 0.717) is 20.7 Å². The van der Waals surface area contributed by atoms with Crippen LogP contribution >= 0.6 is 34.4 Å². The van der Waals surface area contributed by atoms with E-state index >= 15 is 0 Å². The van der Waals surface area contributed by atoms with Gasteiger partial charge in [-0.05, 0) is 6.26 Å². The molecule has 0 radical (unpaired) electrons. The fourth-order valence-corrected chi connectivity index (χ4v) is 3.45. The zero-order valence-electron chi connectivity index (χ0n) is 11.0. The molecule has 0 aliphatic carbocycles. The normalized spacial score (nSPS) is 29.3. The maximum atomic E-state index is 10.2. The van der Waals surface area contributed by atoms with Crippen LogP contribution in [0.15, 0.2) is 6.33 Å². The zero-order valence-corrected chi connectivity index (χ0v) is 14.0. The molecule has 1 saturated heterocycles. The van der Waals surface area contributed by atoms with E-state index in [1.54, 1.807) is 16.3 Å². The summed E-state index contributed by atoms with van der Waals surface area (Å²) in [5.74, 6) is 0.868. The Kier molecular flexibility index (Phi) is 4.23. The second-order valence-corrected chi connectivity index (χ2v) is 6.58. The van der Waals surface area contributed by atoms with Crippen molar-refractivity contribution in [3.63, 3.8) is 0 Å². The molecule has 3 heterocycles. The first-order chi connectivity index (χ1) is 10.0. The van der Waals surface area contributed by atoms with Gasteiger partial charge < -0.3 is 20.7 Å². The minimum Gasteiger partial charge on any atom is -0.387 e. The fourth-order valence-electron chi connectivity index (χ4n) is 2.36. The van der Waals surface area contributed by atoms with Gasteiger partial charge in [-0.15, -0.1) is 0 Å². The fraction of sp³-hybridized carbons (Fsp3) is 0.545. The summed E-state index contributed by atoms with van der Waals surface area (Å²) in [5, 5.41) is 20.3. The molecule has 0 bridgehead atoms. The molecule has 0 unspecified atom stereocenters. The molecule has 1 aliphatic rings. The number of fused-ring (bicyclic) bond motifs is 1. The van der Waals surface area contributed by atoms with Crippen LogP contribution in [0.3, 0.4) is 0 Å². The van der Waals surface area contributed by atoms with E-state index in [9.17, 15) is 10.2 Å². The average molecular weight is 423 g/mol. The maximum Gasteiger partial charge on any atom is 0.194 e. The molecular formula is C11H14IN5O3S. The first-order valence-corrected chi connectivity index (χ1v) is 8.66. The lowest BCUT2D eigenvalue weighted by Gasteiger charge is -2.16. The summed E-state index contributed by atoms with van der Waals surface area (Å²) in [7, 11) is 0. The number of halogens is 1. The van der Waals surface area contributed by atoms with Crippen LogP contribution in [-0.4, -0.2) is 60.1 Å². The van der Waals surface area contributed by atoms with Crippen molar-refractivity contribution in [3.8, 4) is 0 Å². The average Bonchev–Trinajstić information content (AvgIpc) is 2.96. The largest absolute Gasteiger partial charge is 0.387 e. The summed E-state index contributed by atoms with van der Waals surface area (Å²) < 4.78 is 7.82. The molecule has 10 heteroatoms. The Labute approximate surface area is 138 Å². The van der Waals surface area contributed by atoms with E-state index in [1.807, 2.05) is 28.8 Å². The van der Waals surface area contributed by atoms with Crippen molar-refractivity contribution in [1.82, 2.24) is 19.5 Å². The smallest absolute Gasteiger partial charge is 0.194 e. The second kappa shape index (κ2) is 5.83. The Morgan fingerprint density at radius 2 is 2.19 bits per heavy atom. The number of aromatic nitrogens is 4. The molecule has 4 atom stereocenters. The van der Waals surface area contributed by atoms with Gasteiger partial charge in [0, 0.05) is 28.3 Å². The highest BCUT2D eigenvalue weighted by Gasteiger charge is 2.44. The number of anilines is 1. The highest BCUT2D eigenvalue weighted by Crippen LogP contribution is 2.33. The number of rotatable bonds is 3. The quantitative estimate of drug-likeness (QED) is 0.466. The van der Waals surface area contributed by atoms with Gasteiger partial charge in [0.2, 0.25) is 0 Å². The minimum absolute atomic E-state index is 0.275. The van der Waals surface area contributed by atoms with Crippen molar-refractivity contribution >= 4 is 51.3 Å². The number of hydrogen-bond donors (Lipinski definition) is 3. The summed E-state index contributed by atoms with van der Waals surface area (Å²) >= 11 is 3.50. The van der Waals surface area contributed by atoms with Crippen LogP contribution in [0.4, 0.5) is 5.82 Å². The van der Waals surface area contributed by atoms with Gasteiger partial charge >= 0.3 is 0 Å². The van der Waals surface area contributed by atoms with E-state index in [1.165, 1.54) is 6.33 Å². The number of nitrogens with two attached hydrogens (primary N) is 1. The molecule has 0 spiro atoms. The number of imidazole rings is 1. The molecule has 2 aromatic heterocycles. The molecule has 8 nitrogen and oxygen atoms in total. The van der Waals surface area contributed by atoms with Gasteiger partial charge in [-0.2, -0.15) is 11.8 Å². The Morgan fingerprint density at radius 3 is 2.90 bits per heavy atom. The van der Waals surface area contributed by atoms with Gasteiger partial charge in [0.25, 0.3) is 0 Å². The number of aliphatic hydroxyl groups is 2. The summed E-state index contributed by atoms with van der Waals surface area (Å²) in [6.45, 7) is 0. The lowest BCUT2D eigenvalue weighted by atomic mass is 10.1. The van der Waals surface area contributed by atoms with Crippen molar-refractivity contribution in [3.05, 3.63) is 10.2 Å². The lowest BCUT2D eigenvalue weighted by molar-refractivity contribution is -0.0289. The van der Waals surface area contributed by atoms with Crippen LogP contribution < -0.4 is 5.73 Å². The van der Waals surface area contributed by atoms with Crippen LogP contribution in [0.1, 0.15) is 6.23 Å². The third-order valence-corrected chi connectivity index (χ3v) is 4.51. The van der Waals surface area contributed by atoms with Crippen molar-refractivity contribution in [1.29, 1.82) is 0 Å². The van der Waals surface area contributed by atoms with Crippen LogP contribution in [0.5, 0.6) is 0 Å². The molecule has 21 heavy (non-hydrogen) atoms. The third kappa shape index (κ3) is 2.59. The van der Waals surface area contributed by atoms with Gasteiger partial charge in [-0.25, -0.2) is 15.0 Å². The van der Waals surface area contributed by atoms with E-state index in [-0.39, 0.29) is 5.82 Å². The number of aliphatic hydroxyl groups excluding tert-OH is 2. The number of thioether (sulfide) groups is 1. The summed E-state index contributed by atoms with van der Waals surface area (Å²) in [6.07, 6.45) is 0.238. The predicted molar refractivity (Wildman–Crippen MR) is 86.8 cm³/mol. The molecule has 4 N–H and O–H groups in total. The molecule has 1 fully saturated rings. The summed E-state index contributed by atoms with van der Waals surface area (Å²) in [6, 6.07) is 0. The molecule has 1 aliphatic heterocycles. The highest BCUT2D eigenvalue weighted by molar-refractivity contribution is 14.1. The Hall–Kier alpha value is -0.690. The number of nitrogens with zero attached hydrogens (tertiary/aromatic N) is 4. The molecule has 0 saturated carbocycles. The van der Waals surface area contributed by atoms with Crippen LogP contribution in [0.25, 0.3) is 11.2 Å². The van der Waals surface area contributed by atoms with E-state index < -0.39 is 24.5 Å². The summed E-state index contributed by atoms with van der Waals surface area (Å²) in [4.78, 5) is 12.5. The Morgan fingerprint density at radius 1 is 1.43 bits per heavy atom. The molecule has 114 valence electrons. The molecule has 3 rings (SSSR count). The first kappa shape index (κ1) is 15.2. The van der Waals surface area contributed by atoms with Crippen molar-refractivity contribution in [2.24, 2.45) is 0 Å². The number of nitrogen functional groups attached to an aromatic ring is 1. The van der Waals surface area contributed by atoms with E-state index in [2.05, 4.69) is 15.0 Å². The van der Waals surface area contributed by atoms with E-state index in [4.69, 9.17) is 10.5 Å². The molecule has 0 amide bonds. The zero-order chi connectivity index (χ0) is 15.1. The van der Waals surface area contributed by atoms with Gasteiger partial charge in [-0.3, -0.25) is 4.57 Å². The Bertz CT molecular complexity index is 669. The van der Waals surface area contributed by atoms with E-state index in [0.717, 1.165) is 0 Å². The van der Waals surface area contributed by atoms with Crippen molar-refractivity contribution in [2.75, 3.05) is 17.7 Å². The minimum atomic E-state index is -1.05. The topological polar surface area (TPSA) is 119 Å². The first-order valence-electron chi connectivity index (χ1n) is 6.19. The van der Waals surface area contributed by atoms with Gasteiger partial charge in [0.05, 0.1) is 12.4 Å². The monoisotopic (exact) mass is 423 g/mol. The lowest BCUT2D eigenvalue weighted by Crippen LogP contribution is -2.32. The van der Waals surface area contributed by atoms with Gasteiger partial charge in [0.1, 0.15) is 17.7 Å². The highest BCUT2D eigenvalue weighted by atomic mass is 127. The Balaban J connectivity index is 2.01. The third-order valence-electron chi connectivity index (χ3n) is 3.36. The predicted octanol–water partition coefficient (Wildman–Crippen LogP) is -0.00470. The molecule has 2 aromatic rings. The maximum absolute atomic E-state index is 10.2. The van der Waals surface area contributed by atoms with Crippen molar-refractivity contribution < 1.29 is 14.9 Å². The van der Waals surface area contributed by atoms with Gasteiger partial charge in [0.15, 0.2) is 21.5 Å². The van der Waals surface area contributed by atoms with Crippen LogP contribution in [0, 0.1) is 3.83 Å². The second-order valence-electron chi connectivity index (χ2n) is 4.70. The summed E-state index contributed by atoms with van der Waals surface area (Å²) in [5.41, 5.74) is 6.75. The molecular weight excluding hydrogens is 409 g/mol. The van der Waals surface area contributed by atoms with Gasteiger partial charge in [-0.1, -0.05) is 0 Å². The van der Waals surface area contributed by atoms with Crippen LogP contribution in [-0.2, 0) is 4.74 Å². The number of ether oxygens (including phenoxy) is 1.